The minimum Gasteiger partial charge on any atom is -0.0928 e. The molecule has 0 fully saturated rings. The average molecular weight is 398 g/mol. The van der Waals surface area contributed by atoms with Crippen LogP contribution in [0.3, 0.4) is 0 Å². The minimum atomic E-state index is 0.677. The van der Waals surface area contributed by atoms with E-state index in [4.69, 9.17) is 0 Å². The molecule has 0 aliphatic carbocycles. The molecule has 0 nitrogen and oxygen atoms in total. The van der Waals surface area contributed by atoms with Crippen molar-refractivity contribution in [3.8, 4) is 0 Å². The zero-order valence-electron chi connectivity index (χ0n) is 6.66. The summed E-state index contributed by atoms with van der Waals surface area (Å²) in [5.74, 6) is 0. The molecule has 0 aromatic rings. The summed E-state index contributed by atoms with van der Waals surface area (Å²) in [6.45, 7) is 0. The number of hydrogen-bond acceptors (Lipinski definition) is 0. The third-order valence-corrected chi connectivity index (χ3v) is 3.20. The second-order valence-electron chi connectivity index (χ2n) is 2.64. The number of unbranched alkanes of at least 4 members (excludes halogenated alkanes) is 4. The van der Waals surface area contributed by atoms with Gasteiger partial charge in [-0.15, -0.1) is 0 Å². The summed E-state index contributed by atoms with van der Waals surface area (Å²) in [4.78, 5) is 0. The summed E-state index contributed by atoms with van der Waals surface area (Å²) in [6.07, 6.45) is 8.22. The Morgan fingerprint density at radius 1 is 1.00 bits per heavy atom. The molecule has 0 N–H and O–H groups in total. The predicted molar refractivity (Wildman–Crippen MR) is 68.2 cm³/mol. The monoisotopic (exact) mass is 396 g/mol. The Balaban J connectivity index is 2.80. The molecule has 0 aromatic heterocycles. The Morgan fingerprint density at radius 2 is 1.55 bits per heavy atom. The second-order valence-corrected chi connectivity index (χ2v) is 7.75. The van der Waals surface area contributed by atoms with Crippen molar-refractivity contribution in [3.05, 3.63) is 0 Å². The highest BCUT2D eigenvalue weighted by molar-refractivity contribution is 14.1. The van der Waals surface area contributed by atoms with E-state index >= 15 is 0 Å². The molecule has 68 valence electrons. The number of rotatable bonds is 7. The molecule has 0 aromatic carbocycles. The van der Waals surface area contributed by atoms with Gasteiger partial charge >= 0.3 is 0 Å². The lowest BCUT2D eigenvalue weighted by molar-refractivity contribution is 0.628. The molecule has 0 amide bonds. The first-order valence-electron chi connectivity index (χ1n) is 4.11. The van der Waals surface area contributed by atoms with Crippen LogP contribution in [0.4, 0.5) is 0 Å². The second kappa shape index (κ2) is 9.78. The fourth-order valence-electron chi connectivity index (χ4n) is 0.923. The largest absolute Gasteiger partial charge is 0.0928 e. The highest BCUT2D eigenvalue weighted by Gasteiger charge is 1.96. The fraction of sp³-hybridized carbons (Fsp3) is 1.00. The first kappa shape index (κ1) is 12.7. The molecule has 0 radical (unpaired) electrons. The van der Waals surface area contributed by atoms with Gasteiger partial charge in [0.25, 0.3) is 0 Å². The Morgan fingerprint density at radius 3 is 2.09 bits per heavy atom. The molecule has 1 atom stereocenters. The van der Waals surface area contributed by atoms with E-state index in [9.17, 15) is 0 Å². The molecular formula is C8H15Br2I. The van der Waals surface area contributed by atoms with E-state index in [0.717, 1.165) is 0 Å². The number of halogens is 3. The zero-order chi connectivity index (χ0) is 8.53. The molecule has 0 bridgehead atoms. The smallest absolute Gasteiger partial charge is 0.0662 e. The highest BCUT2D eigenvalue weighted by Crippen LogP contribution is 2.17. The topological polar surface area (TPSA) is 0 Å². The Kier molecular flexibility index (Phi) is 11.3. The Hall–Kier alpha value is 1.69. The van der Waals surface area contributed by atoms with Gasteiger partial charge in [0.05, 0.1) is 2.83 Å². The molecule has 0 saturated heterocycles. The van der Waals surface area contributed by atoms with E-state index in [2.05, 4.69) is 54.5 Å². The first-order chi connectivity index (χ1) is 5.27. The highest BCUT2D eigenvalue weighted by atomic mass is 127. The van der Waals surface area contributed by atoms with E-state index in [1.54, 1.807) is 0 Å². The van der Waals surface area contributed by atoms with Crippen molar-refractivity contribution >= 4 is 54.5 Å². The predicted octanol–water partition coefficient (Wildman–Crippen LogP) is 4.88. The third-order valence-electron chi connectivity index (χ3n) is 1.56. The summed E-state index contributed by atoms with van der Waals surface area (Å²) in [7, 11) is 0. The van der Waals surface area contributed by atoms with Gasteiger partial charge in [-0.1, -0.05) is 80.1 Å². The summed E-state index contributed by atoms with van der Waals surface area (Å²) < 4.78 is 0.677. The van der Waals surface area contributed by atoms with Gasteiger partial charge < -0.3 is 0 Å². The van der Waals surface area contributed by atoms with Crippen LogP contribution >= 0.6 is 54.5 Å². The van der Waals surface area contributed by atoms with Crippen LogP contribution in [0.5, 0.6) is 0 Å². The molecule has 0 spiro atoms. The van der Waals surface area contributed by atoms with Crippen molar-refractivity contribution in [2.45, 2.75) is 41.4 Å². The maximum Gasteiger partial charge on any atom is 0.0662 e. The molecule has 3 heteroatoms. The van der Waals surface area contributed by atoms with Gasteiger partial charge in [0, 0.05) is 5.33 Å². The van der Waals surface area contributed by atoms with Crippen molar-refractivity contribution in [1.29, 1.82) is 0 Å². The molecule has 0 rings (SSSR count). The Labute approximate surface area is 100 Å². The van der Waals surface area contributed by atoms with Crippen LogP contribution in [0.15, 0.2) is 0 Å². The molecule has 11 heavy (non-hydrogen) atoms. The number of alkyl halides is 3. The van der Waals surface area contributed by atoms with Gasteiger partial charge in [0.2, 0.25) is 0 Å². The maximum atomic E-state index is 3.54. The van der Waals surface area contributed by atoms with Crippen LogP contribution in [0.2, 0.25) is 0 Å². The average Bonchev–Trinajstić information content (AvgIpc) is 1.96. The lowest BCUT2D eigenvalue weighted by Gasteiger charge is -2.00. The third kappa shape index (κ3) is 11.7. The van der Waals surface area contributed by atoms with Gasteiger partial charge in [0.1, 0.15) is 0 Å². The molecule has 0 aliphatic rings. The van der Waals surface area contributed by atoms with Crippen molar-refractivity contribution in [3.63, 3.8) is 0 Å². The van der Waals surface area contributed by atoms with Crippen LogP contribution in [-0.4, -0.2) is 8.16 Å². The van der Waals surface area contributed by atoms with Crippen LogP contribution in [0.25, 0.3) is 0 Å². The summed E-state index contributed by atoms with van der Waals surface area (Å²) in [5, 5.41) is 1.17. The first-order valence-corrected chi connectivity index (χ1v) is 7.39. The molecule has 0 aliphatic heterocycles. The standard InChI is InChI=1S/C8H15Br2I/c9-7-5-3-1-2-4-6-8(10)11/h8H,1-7H2. The SMILES string of the molecule is BrCCCCCCCC(Br)I. The van der Waals surface area contributed by atoms with Gasteiger partial charge in [-0.05, 0) is 12.8 Å². The van der Waals surface area contributed by atoms with Crippen molar-refractivity contribution in [2.75, 3.05) is 5.33 Å². The van der Waals surface area contributed by atoms with Crippen LogP contribution in [0, 0.1) is 0 Å². The summed E-state index contributed by atoms with van der Waals surface area (Å²) in [6, 6.07) is 0. The quantitative estimate of drug-likeness (QED) is 0.326. The van der Waals surface area contributed by atoms with Gasteiger partial charge in [-0.2, -0.15) is 0 Å². The van der Waals surface area contributed by atoms with E-state index in [1.165, 1.54) is 43.9 Å². The van der Waals surface area contributed by atoms with Crippen LogP contribution in [0.1, 0.15) is 38.5 Å². The van der Waals surface area contributed by atoms with Crippen molar-refractivity contribution in [1.82, 2.24) is 0 Å². The van der Waals surface area contributed by atoms with Crippen molar-refractivity contribution in [2.24, 2.45) is 0 Å². The van der Waals surface area contributed by atoms with Crippen LogP contribution in [-0.2, 0) is 0 Å². The summed E-state index contributed by atoms with van der Waals surface area (Å²) >= 11 is 9.39. The van der Waals surface area contributed by atoms with E-state index < -0.39 is 0 Å². The normalized spacial score (nSPS) is 13.4. The fourth-order valence-corrected chi connectivity index (χ4v) is 2.08. The lowest BCUT2D eigenvalue weighted by Crippen LogP contribution is -1.85. The van der Waals surface area contributed by atoms with Gasteiger partial charge in [0.15, 0.2) is 0 Å². The molecular weight excluding hydrogens is 383 g/mol. The van der Waals surface area contributed by atoms with E-state index in [-0.39, 0.29) is 0 Å². The van der Waals surface area contributed by atoms with Crippen LogP contribution < -0.4 is 0 Å². The molecule has 0 heterocycles. The maximum absolute atomic E-state index is 3.54. The van der Waals surface area contributed by atoms with Crippen molar-refractivity contribution < 1.29 is 0 Å². The minimum absolute atomic E-state index is 0.677. The molecule has 0 saturated carbocycles. The van der Waals surface area contributed by atoms with E-state index in [0.29, 0.717) is 2.83 Å². The Bertz CT molecular complexity index is 76.5. The molecule has 1 unspecified atom stereocenters. The van der Waals surface area contributed by atoms with E-state index in [1.807, 2.05) is 0 Å². The lowest BCUT2D eigenvalue weighted by atomic mass is 10.1. The number of hydrogen-bond donors (Lipinski definition) is 0. The van der Waals surface area contributed by atoms with Gasteiger partial charge in [-0.25, -0.2) is 0 Å². The zero-order valence-corrected chi connectivity index (χ0v) is 12.0. The summed E-state index contributed by atoms with van der Waals surface area (Å²) in [5.41, 5.74) is 0. The van der Waals surface area contributed by atoms with Gasteiger partial charge in [-0.3, -0.25) is 0 Å².